The number of rotatable bonds is 0. The molecule has 2 rings (SSSR count). The van der Waals surface area contributed by atoms with Crippen LogP contribution in [0.3, 0.4) is 0 Å². The smallest absolute Gasteiger partial charge is 0.0500 e. The Bertz CT molecular complexity index is 177. The molecule has 0 aromatic carbocycles. The van der Waals surface area contributed by atoms with E-state index in [2.05, 4.69) is 29.0 Å². The van der Waals surface area contributed by atoms with Crippen molar-refractivity contribution < 1.29 is 0 Å². The summed E-state index contributed by atoms with van der Waals surface area (Å²) in [6.07, 6.45) is 4.67. The van der Waals surface area contributed by atoms with E-state index in [-0.39, 0.29) is 0 Å². The summed E-state index contributed by atoms with van der Waals surface area (Å²) in [5, 5.41) is 0. The zero-order chi connectivity index (χ0) is 9.68. The number of nitrogens with zero attached hydrogens (tertiary/aromatic N) is 1. The fraction of sp³-hybridized carbons (Fsp3) is 0.800. The number of likely N-dealkylation sites (N-methyl/N-ethyl adjacent to an activating group) is 1. The second-order valence-electron chi connectivity index (χ2n) is 3.44. The molecule has 3 nitrogen and oxygen atoms in total. The molecule has 0 amide bonds. The van der Waals surface area contributed by atoms with Crippen LogP contribution in [-0.2, 0) is 0 Å². The van der Waals surface area contributed by atoms with Crippen LogP contribution in [0.1, 0.15) is 26.7 Å². The molecule has 1 saturated heterocycles. The molecule has 1 fully saturated rings. The van der Waals surface area contributed by atoms with Crippen molar-refractivity contribution in [3.05, 3.63) is 11.8 Å². The monoisotopic (exact) mass is 183 g/mol. The second kappa shape index (κ2) is 5.25. The molecular formula is C10H21N3. The molecule has 76 valence electrons. The molecule has 0 spiro atoms. The lowest BCUT2D eigenvalue weighted by Gasteiger charge is -2.13. The van der Waals surface area contributed by atoms with Gasteiger partial charge in [0.05, 0.1) is 0 Å². The summed E-state index contributed by atoms with van der Waals surface area (Å²) in [6, 6.07) is 0.597. The number of likely N-dealkylation sites (tertiary alicyclic amines) is 1. The quantitative estimate of drug-likeness (QED) is 0.589. The molecule has 2 aliphatic heterocycles. The average Bonchev–Trinajstić information content (AvgIpc) is 2.50. The first-order valence-corrected chi connectivity index (χ1v) is 5.25. The molecule has 2 heterocycles. The van der Waals surface area contributed by atoms with E-state index >= 15 is 0 Å². The van der Waals surface area contributed by atoms with Crippen molar-refractivity contribution >= 4 is 0 Å². The van der Waals surface area contributed by atoms with E-state index in [0.717, 1.165) is 6.54 Å². The number of hydrogen-bond acceptors (Lipinski definition) is 3. The van der Waals surface area contributed by atoms with Gasteiger partial charge in [0.15, 0.2) is 0 Å². The van der Waals surface area contributed by atoms with Crippen LogP contribution in [0, 0.1) is 0 Å². The third-order valence-corrected chi connectivity index (χ3v) is 2.45. The molecule has 0 radical (unpaired) electrons. The van der Waals surface area contributed by atoms with Crippen LogP contribution in [0.4, 0.5) is 0 Å². The zero-order valence-electron chi connectivity index (χ0n) is 8.93. The summed E-state index contributed by atoms with van der Waals surface area (Å²) in [4.78, 5) is 2.38. The van der Waals surface area contributed by atoms with Crippen molar-refractivity contribution in [1.82, 2.24) is 15.8 Å². The van der Waals surface area contributed by atoms with Gasteiger partial charge >= 0.3 is 0 Å². The van der Waals surface area contributed by atoms with Gasteiger partial charge in [0.25, 0.3) is 0 Å². The fourth-order valence-corrected chi connectivity index (χ4v) is 1.80. The lowest BCUT2D eigenvalue weighted by Crippen LogP contribution is -2.32. The molecular weight excluding hydrogens is 162 g/mol. The van der Waals surface area contributed by atoms with E-state index in [0.29, 0.717) is 6.04 Å². The molecule has 0 aliphatic carbocycles. The van der Waals surface area contributed by atoms with Gasteiger partial charge in [-0.1, -0.05) is 13.8 Å². The highest BCUT2D eigenvalue weighted by Crippen LogP contribution is 2.16. The molecule has 3 heteroatoms. The fourth-order valence-electron chi connectivity index (χ4n) is 1.80. The van der Waals surface area contributed by atoms with Crippen molar-refractivity contribution in [2.45, 2.75) is 32.7 Å². The van der Waals surface area contributed by atoms with Gasteiger partial charge in [-0.2, -0.15) is 0 Å². The van der Waals surface area contributed by atoms with E-state index in [9.17, 15) is 0 Å². The first-order chi connectivity index (χ1) is 6.36. The first kappa shape index (κ1) is 10.5. The van der Waals surface area contributed by atoms with Crippen LogP contribution in [-0.4, -0.2) is 31.1 Å². The van der Waals surface area contributed by atoms with Crippen molar-refractivity contribution in [3.8, 4) is 0 Å². The van der Waals surface area contributed by atoms with E-state index < -0.39 is 0 Å². The summed E-state index contributed by atoms with van der Waals surface area (Å²) in [5.74, 6) is 0. The van der Waals surface area contributed by atoms with Crippen molar-refractivity contribution in [2.24, 2.45) is 0 Å². The van der Waals surface area contributed by atoms with Gasteiger partial charge in [0.1, 0.15) is 0 Å². The summed E-state index contributed by atoms with van der Waals surface area (Å²) >= 11 is 0. The largest absolute Gasteiger partial charge is 0.328 e. The van der Waals surface area contributed by atoms with E-state index in [1.165, 1.54) is 25.0 Å². The Morgan fingerprint density at radius 3 is 3.00 bits per heavy atom. The minimum atomic E-state index is 0.597. The molecule has 13 heavy (non-hydrogen) atoms. The second-order valence-corrected chi connectivity index (χ2v) is 3.44. The summed E-state index contributed by atoms with van der Waals surface area (Å²) in [6.45, 7) is 6.35. The maximum absolute atomic E-state index is 3.25. The molecule has 0 saturated carbocycles. The Morgan fingerprint density at radius 1 is 1.46 bits per heavy atom. The van der Waals surface area contributed by atoms with Gasteiger partial charge < -0.3 is 10.3 Å². The predicted octanol–water partition coefficient (Wildman–Crippen LogP) is 1.10. The number of nitrogens with one attached hydrogen (secondary N) is 2. The minimum Gasteiger partial charge on any atom is -0.328 e. The molecule has 1 atom stereocenters. The Balaban J connectivity index is 0.000000396. The van der Waals surface area contributed by atoms with E-state index in [1.807, 2.05) is 13.8 Å². The van der Waals surface area contributed by atoms with Gasteiger partial charge in [0, 0.05) is 18.8 Å². The highest BCUT2D eigenvalue weighted by molar-refractivity contribution is 5.16. The summed E-state index contributed by atoms with van der Waals surface area (Å²) < 4.78 is 0. The van der Waals surface area contributed by atoms with Crippen LogP contribution in [0.15, 0.2) is 11.8 Å². The lowest BCUT2D eigenvalue weighted by molar-refractivity contribution is 0.370. The zero-order valence-corrected chi connectivity index (χ0v) is 8.93. The van der Waals surface area contributed by atoms with Gasteiger partial charge in [-0.05, 0) is 32.0 Å². The molecule has 0 aromatic rings. The lowest BCUT2D eigenvalue weighted by atomic mass is 10.1. The van der Waals surface area contributed by atoms with Crippen molar-refractivity contribution in [1.29, 1.82) is 0 Å². The van der Waals surface area contributed by atoms with Crippen LogP contribution < -0.4 is 10.9 Å². The number of hydrazine groups is 1. The standard InChI is InChI=1S/C8H15N3.C2H6/c1-11-4-2-3-8-7(6-11)5-9-10-8;1-2/h5,8-10H,2-4,6H2,1H3;1-2H3. The van der Waals surface area contributed by atoms with Gasteiger partial charge in [0.2, 0.25) is 0 Å². The molecule has 0 aromatic heterocycles. The topological polar surface area (TPSA) is 27.3 Å². The third-order valence-electron chi connectivity index (χ3n) is 2.45. The first-order valence-electron chi connectivity index (χ1n) is 5.25. The van der Waals surface area contributed by atoms with Crippen molar-refractivity contribution in [3.63, 3.8) is 0 Å². The van der Waals surface area contributed by atoms with Gasteiger partial charge in [-0.25, -0.2) is 5.43 Å². The van der Waals surface area contributed by atoms with Crippen LogP contribution in [0.2, 0.25) is 0 Å². The van der Waals surface area contributed by atoms with E-state index in [4.69, 9.17) is 0 Å². The molecule has 0 bridgehead atoms. The maximum Gasteiger partial charge on any atom is 0.0500 e. The number of fused-ring (bicyclic) bond motifs is 1. The highest BCUT2D eigenvalue weighted by atomic mass is 15.4. The Labute approximate surface area is 81.2 Å². The van der Waals surface area contributed by atoms with Gasteiger partial charge in [-0.3, -0.25) is 0 Å². The highest BCUT2D eigenvalue weighted by Gasteiger charge is 2.22. The Kier molecular flexibility index (Phi) is 4.25. The molecule has 1 unspecified atom stereocenters. The Morgan fingerprint density at radius 2 is 2.23 bits per heavy atom. The van der Waals surface area contributed by atoms with Crippen LogP contribution in [0.25, 0.3) is 0 Å². The minimum absolute atomic E-state index is 0.597. The third kappa shape index (κ3) is 2.71. The Hall–Kier alpha value is -0.540. The molecule has 2 N–H and O–H groups in total. The van der Waals surface area contributed by atoms with Crippen molar-refractivity contribution in [2.75, 3.05) is 20.1 Å². The average molecular weight is 183 g/mol. The van der Waals surface area contributed by atoms with Gasteiger partial charge in [-0.15, -0.1) is 0 Å². The summed E-state index contributed by atoms with van der Waals surface area (Å²) in [5.41, 5.74) is 7.83. The maximum atomic E-state index is 3.25. The van der Waals surface area contributed by atoms with E-state index in [1.54, 1.807) is 0 Å². The number of hydrogen-bond donors (Lipinski definition) is 2. The normalized spacial score (nSPS) is 27.6. The van der Waals surface area contributed by atoms with Crippen LogP contribution in [0.5, 0.6) is 0 Å². The predicted molar refractivity (Wildman–Crippen MR) is 56.2 cm³/mol. The van der Waals surface area contributed by atoms with Crippen LogP contribution >= 0.6 is 0 Å². The molecule has 2 aliphatic rings. The summed E-state index contributed by atoms with van der Waals surface area (Å²) in [7, 11) is 2.18. The SMILES string of the molecule is CC.CN1CCCC2NNC=C2C1.